The van der Waals surface area contributed by atoms with Gasteiger partial charge in [0.2, 0.25) is 0 Å². The van der Waals surface area contributed by atoms with E-state index in [4.69, 9.17) is 0 Å². The molecule has 2 N–H and O–H groups in total. The number of phenolic OH excluding ortho intramolecular Hbond substituents is 1. The van der Waals surface area contributed by atoms with Crippen molar-refractivity contribution in [1.82, 2.24) is 15.0 Å². The minimum atomic E-state index is 0.258. The summed E-state index contributed by atoms with van der Waals surface area (Å²) in [7, 11) is 0. The van der Waals surface area contributed by atoms with E-state index in [1.54, 1.807) is 18.3 Å². The molecule has 0 spiro atoms. The zero-order valence-corrected chi connectivity index (χ0v) is 10.3. The van der Waals surface area contributed by atoms with Crippen molar-refractivity contribution in [3.63, 3.8) is 0 Å². The third-order valence-corrected chi connectivity index (χ3v) is 3.51. The van der Waals surface area contributed by atoms with E-state index in [2.05, 4.69) is 15.0 Å². The van der Waals surface area contributed by atoms with Crippen LogP contribution < -0.4 is 0 Å². The average Bonchev–Trinajstić information content (AvgIpc) is 2.76. The smallest absolute Gasteiger partial charge is 0.139 e. The zero-order chi connectivity index (χ0) is 13.0. The molecule has 0 aliphatic carbocycles. The number of rotatable bonds is 0. The van der Waals surface area contributed by atoms with E-state index in [-0.39, 0.29) is 5.75 Å². The van der Waals surface area contributed by atoms with E-state index in [0.29, 0.717) is 0 Å². The maximum atomic E-state index is 9.66. The van der Waals surface area contributed by atoms with E-state index in [9.17, 15) is 5.11 Å². The molecular formula is C15H11N3O. The van der Waals surface area contributed by atoms with E-state index >= 15 is 0 Å². The summed E-state index contributed by atoms with van der Waals surface area (Å²) in [5, 5.41) is 11.7. The Morgan fingerprint density at radius 2 is 2.11 bits per heavy atom. The number of nitrogens with one attached hydrogen (secondary N) is 1. The molecule has 4 nitrogen and oxygen atoms in total. The fourth-order valence-electron chi connectivity index (χ4n) is 2.64. The van der Waals surface area contributed by atoms with Gasteiger partial charge >= 0.3 is 0 Å². The molecule has 0 atom stereocenters. The SMILES string of the molecule is Cc1c2ncccc2nc2[nH]c3ccc(O)cc3c12. The monoisotopic (exact) mass is 249 g/mol. The Kier molecular flexibility index (Phi) is 1.87. The first-order valence-electron chi connectivity index (χ1n) is 6.10. The largest absolute Gasteiger partial charge is 0.508 e. The molecular weight excluding hydrogens is 238 g/mol. The molecule has 19 heavy (non-hydrogen) atoms. The van der Waals surface area contributed by atoms with Crippen LogP contribution in [0.25, 0.3) is 33.0 Å². The highest BCUT2D eigenvalue weighted by atomic mass is 16.3. The van der Waals surface area contributed by atoms with Crippen LogP contribution in [0.5, 0.6) is 5.75 Å². The van der Waals surface area contributed by atoms with Gasteiger partial charge < -0.3 is 10.1 Å². The van der Waals surface area contributed by atoms with Gasteiger partial charge in [0.05, 0.1) is 11.0 Å². The van der Waals surface area contributed by atoms with Gasteiger partial charge in [0.25, 0.3) is 0 Å². The number of hydrogen-bond acceptors (Lipinski definition) is 3. The van der Waals surface area contributed by atoms with Crippen molar-refractivity contribution >= 4 is 33.0 Å². The lowest BCUT2D eigenvalue weighted by Gasteiger charge is -2.02. The first-order chi connectivity index (χ1) is 9.24. The third-order valence-electron chi connectivity index (χ3n) is 3.51. The van der Waals surface area contributed by atoms with Crippen LogP contribution in [-0.4, -0.2) is 20.1 Å². The van der Waals surface area contributed by atoms with Crippen molar-refractivity contribution in [2.45, 2.75) is 6.92 Å². The van der Waals surface area contributed by atoms with E-state index in [1.807, 2.05) is 25.1 Å². The summed E-state index contributed by atoms with van der Waals surface area (Å²) >= 11 is 0. The summed E-state index contributed by atoms with van der Waals surface area (Å²) in [5.41, 5.74) is 4.66. The molecule has 3 heterocycles. The first-order valence-corrected chi connectivity index (χ1v) is 6.10. The molecule has 0 aliphatic heterocycles. The standard InChI is InChI=1S/C15H11N3O/c1-8-13-10-7-9(19)4-5-11(10)17-15(13)18-12-3-2-6-16-14(8)12/h2-7,19H,1H3,(H,17,18). The predicted molar refractivity (Wildman–Crippen MR) is 75.3 cm³/mol. The molecule has 0 aliphatic rings. The number of fused-ring (bicyclic) bond motifs is 4. The number of aryl methyl sites for hydroxylation is 1. The van der Waals surface area contributed by atoms with Gasteiger partial charge in [-0.3, -0.25) is 4.98 Å². The lowest BCUT2D eigenvalue weighted by molar-refractivity contribution is 0.476. The molecule has 0 bridgehead atoms. The lowest BCUT2D eigenvalue weighted by atomic mass is 10.1. The molecule has 92 valence electrons. The Bertz CT molecular complexity index is 940. The highest BCUT2D eigenvalue weighted by Crippen LogP contribution is 2.32. The van der Waals surface area contributed by atoms with Crippen LogP contribution in [0.15, 0.2) is 36.5 Å². The summed E-state index contributed by atoms with van der Waals surface area (Å²) in [6.45, 7) is 2.04. The first kappa shape index (κ1) is 10.3. The topological polar surface area (TPSA) is 61.8 Å². The molecule has 0 radical (unpaired) electrons. The molecule has 0 unspecified atom stereocenters. The van der Waals surface area contributed by atoms with Crippen molar-refractivity contribution in [3.05, 3.63) is 42.1 Å². The minimum Gasteiger partial charge on any atom is -0.508 e. The maximum Gasteiger partial charge on any atom is 0.139 e. The molecule has 0 amide bonds. The highest BCUT2D eigenvalue weighted by Gasteiger charge is 2.12. The zero-order valence-electron chi connectivity index (χ0n) is 10.3. The summed E-state index contributed by atoms with van der Waals surface area (Å²) in [4.78, 5) is 12.3. The molecule has 0 saturated carbocycles. The van der Waals surface area contributed by atoms with Crippen LogP contribution in [0, 0.1) is 6.92 Å². The summed E-state index contributed by atoms with van der Waals surface area (Å²) in [6, 6.07) is 9.14. The van der Waals surface area contributed by atoms with Crippen LogP contribution in [-0.2, 0) is 0 Å². The van der Waals surface area contributed by atoms with Gasteiger partial charge in [0, 0.05) is 22.5 Å². The molecule has 0 saturated heterocycles. The van der Waals surface area contributed by atoms with E-state index in [0.717, 1.165) is 38.5 Å². The lowest BCUT2D eigenvalue weighted by Crippen LogP contribution is -1.88. The number of aromatic amines is 1. The number of phenols is 1. The Balaban J connectivity index is 2.31. The van der Waals surface area contributed by atoms with Crippen molar-refractivity contribution in [2.75, 3.05) is 0 Å². The third kappa shape index (κ3) is 1.34. The van der Waals surface area contributed by atoms with Gasteiger partial charge in [0.15, 0.2) is 0 Å². The van der Waals surface area contributed by atoms with Gasteiger partial charge in [-0.1, -0.05) is 0 Å². The van der Waals surface area contributed by atoms with Crippen LogP contribution in [0.2, 0.25) is 0 Å². The van der Waals surface area contributed by atoms with Crippen molar-refractivity contribution in [1.29, 1.82) is 0 Å². The summed E-state index contributed by atoms with van der Waals surface area (Å²) in [5.74, 6) is 0.258. The second-order valence-corrected chi connectivity index (χ2v) is 4.69. The summed E-state index contributed by atoms with van der Waals surface area (Å²) in [6.07, 6.45) is 1.77. The quantitative estimate of drug-likeness (QED) is 0.502. The van der Waals surface area contributed by atoms with Crippen molar-refractivity contribution < 1.29 is 5.11 Å². The second kappa shape index (κ2) is 3.45. The highest BCUT2D eigenvalue weighted by molar-refractivity contribution is 6.11. The molecule has 3 aromatic heterocycles. The van der Waals surface area contributed by atoms with Crippen LogP contribution in [0.3, 0.4) is 0 Å². The van der Waals surface area contributed by atoms with Gasteiger partial charge in [-0.05, 0) is 42.8 Å². The normalized spacial score (nSPS) is 11.6. The van der Waals surface area contributed by atoms with E-state index < -0.39 is 0 Å². The number of hydrogen-bond donors (Lipinski definition) is 2. The van der Waals surface area contributed by atoms with Crippen LogP contribution in [0.4, 0.5) is 0 Å². The molecule has 4 heteroatoms. The number of benzene rings is 1. The molecule has 4 rings (SSSR count). The Hall–Kier alpha value is -2.62. The Morgan fingerprint density at radius 3 is 3.00 bits per heavy atom. The summed E-state index contributed by atoms with van der Waals surface area (Å²) < 4.78 is 0. The fourth-order valence-corrected chi connectivity index (χ4v) is 2.64. The van der Waals surface area contributed by atoms with Crippen molar-refractivity contribution in [2.24, 2.45) is 0 Å². The van der Waals surface area contributed by atoms with Crippen LogP contribution >= 0.6 is 0 Å². The number of nitrogens with zero attached hydrogens (tertiary/aromatic N) is 2. The van der Waals surface area contributed by atoms with Gasteiger partial charge in [-0.25, -0.2) is 4.98 Å². The molecule has 1 aromatic carbocycles. The number of aromatic hydroxyl groups is 1. The van der Waals surface area contributed by atoms with Crippen molar-refractivity contribution in [3.8, 4) is 5.75 Å². The number of H-pyrrole nitrogens is 1. The van der Waals surface area contributed by atoms with Crippen LogP contribution in [0.1, 0.15) is 5.56 Å². The molecule has 0 fully saturated rings. The molecule has 4 aromatic rings. The fraction of sp³-hybridized carbons (Fsp3) is 0.0667. The number of pyridine rings is 2. The second-order valence-electron chi connectivity index (χ2n) is 4.69. The average molecular weight is 249 g/mol. The maximum absolute atomic E-state index is 9.66. The van der Waals surface area contributed by atoms with Gasteiger partial charge in [-0.2, -0.15) is 0 Å². The predicted octanol–water partition coefficient (Wildman–Crippen LogP) is 3.28. The van der Waals surface area contributed by atoms with Gasteiger partial charge in [0.1, 0.15) is 11.4 Å². The minimum absolute atomic E-state index is 0.258. The van der Waals surface area contributed by atoms with E-state index in [1.165, 1.54) is 0 Å². The van der Waals surface area contributed by atoms with Gasteiger partial charge in [-0.15, -0.1) is 0 Å². The Morgan fingerprint density at radius 1 is 1.21 bits per heavy atom. The Labute approximate surface area is 108 Å². The number of aromatic nitrogens is 3.